The molecule has 0 aliphatic heterocycles. The van der Waals surface area contributed by atoms with Crippen LogP contribution in [0.1, 0.15) is 35.4 Å². The van der Waals surface area contributed by atoms with Crippen molar-refractivity contribution in [1.29, 1.82) is 0 Å². The molecule has 0 saturated carbocycles. The summed E-state index contributed by atoms with van der Waals surface area (Å²) in [5.41, 5.74) is 5.55. The molecule has 176 valence electrons. The Morgan fingerprint density at radius 3 is 2.62 bits per heavy atom. The molecule has 0 aliphatic carbocycles. The van der Waals surface area contributed by atoms with Gasteiger partial charge in [-0.3, -0.25) is 4.79 Å². The fourth-order valence-electron chi connectivity index (χ4n) is 4.14. The summed E-state index contributed by atoms with van der Waals surface area (Å²) < 4.78 is 8.31. The van der Waals surface area contributed by atoms with Gasteiger partial charge in [-0.15, -0.1) is 0 Å². The molecule has 5 nitrogen and oxygen atoms in total. The lowest BCUT2D eigenvalue weighted by atomic mass is 10.1. The van der Waals surface area contributed by atoms with Crippen molar-refractivity contribution in [2.45, 2.75) is 46.1 Å². The van der Waals surface area contributed by atoms with Crippen molar-refractivity contribution < 1.29 is 9.53 Å². The zero-order valence-corrected chi connectivity index (χ0v) is 20.1. The summed E-state index contributed by atoms with van der Waals surface area (Å²) in [5.74, 6) is 2.02. The quantitative estimate of drug-likeness (QED) is 0.308. The highest BCUT2D eigenvalue weighted by Crippen LogP contribution is 2.20. The third-order valence-electron chi connectivity index (χ3n) is 5.99. The van der Waals surface area contributed by atoms with Gasteiger partial charge in [0, 0.05) is 19.5 Å². The summed E-state index contributed by atoms with van der Waals surface area (Å²) in [5, 5.41) is 3.04. The molecule has 5 heteroatoms. The van der Waals surface area contributed by atoms with Gasteiger partial charge in [-0.2, -0.15) is 0 Å². The molecule has 34 heavy (non-hydrogen) atoms. The number of nitrogens with one attached hydrogen (secondary N) is 1. The van der Waals surface area contributed by atoms with Gasteiger partial charge in [0.15, 0.2) is 0 Å². The van der Waals surface area contributed by atoms with Gasteiger partial charge in [0.1, 0.15) is 11.6 Å². The average molecular weight is 456 g/mol. The van der Waals surface area contributed by atoms with Crippen molar-refractivity contribution in [1.82, 2.24) is 14.9 Å². The Balaban J connectivity index is 1.31. The largest absolute Gasteiger partial charge is 0.493 e. The molecule has 4 rings (SSSR count). The Kier molecular flexibility index (Phi) is 7.97. The number of nitrogens with zero attached hydrogens (tertiary/aromatic N) is 2. The van der Waals surface area contributed by atoms with E-state index in [1.54, 1.807) is 0 Å². The fourth-order valence-corrected chi connectivity index (χ4v) is 4.14. The van der Waals surface area contributed by atoms with Crippen LogP contribution in [0.15, 0.2) is 72.8 Å². The highest BCUT2D eigenvalue weighted by molar-refractivity contribution is 5.78. The van der Waals surface area contributed by atoms with E-state index in [1.807, 2.05) is 42.5 Å². The zero-order valence-electron chi connectivity index (χ0n) is 20.1. The molecule has 1 amide bonds. The first-order chi connectivity index (χ1) is 16.6. The first kappa shape index (κ1) is 23.6. The summed E-state index contributed by atoms with van der Waals surface area (Å²) in [6.07, 6.45) is 3.07. The molecule has 0 radical (unpaired) electrons. The number of ether oxygens (including phenoxy) is 1. The predicted octanol–water partition coefficient (Wildman–Crippen LogP) is 5.41. The topological polar surface area (TPSA) is 56.1 Å². The average Bonchev–Trinajstić information content (AvgIpc) is 3.19. The minimum absolute atomic E-state index is 0.0393. The highest BCUT2D eigenvalue weighted by atomic mass is 16.5. The van der Waals surface area contributed by atoms with Crippen LogP contribution >= 0.6 is 0 Å². The predicted molar refractivity (Wildman–Crippen MR) is 137 cm³/mol. The lowest BCUT2D eigenvalue weighted by Crippen LogP contribution is -2.28. The van der Waals surface area contributed by atoms with Gasteiger partial charge >= 0.3 is 0 Å². The van der Waals surface area contributed by atoms with Gasteiger partial charge < -0.3 is 14.6 Å². The lowest BCUT2D eigenvalue weighted by Gasteiger charge is -2.12. The lowest BCUT2D eigenvalue weighted by molar-refractivity contribution is -0.120. The van der Waals surface area contributed by atoms with Crippen molar-refractivity contribution >= 4 is 16.9 Å². The van der Waals surface area contributed by atoms with E-state index in [2.05, 4.69) is 54.1 Å². The second-order valence-corrected chi connectivity index (χ2v) is 8.76. The number of aromatic nitrogens is 2. The van der Waals surface area contributed by atoms with Gasteiger partial charge in [0.2, 0.25) is 5.91 Å². The van der Waals surface area contributed by atoms with E-state index in [9.17, 15) is 4.79 Å². The summed E-state index contributed by atoms with van der Waals surface area (Å²) >= 11 is 0. The maximum Gasteiger partial charge on any atom is 0.224 e. The zero-order chi connectivity index (χ0) is 23.8. The van der Waals surface area contributed by atoms with Crippen molar-refractivity contribution in [2.24, 2.45) is 0 Å². The molecule has 1 aromatic heterocycles. The number of fused-ring (bicyclic) bond motifs is 1. The normalized spacial score (nSPS) is 11.0. The van der Waals surface area contributed by atoms with Crippen molar-refractivity contribution in [3.05, 3.63) is 95.3 Å². The molecule has 0 atom stereocenters. The molecule has 1 N–H and O–H groups in total. The van der Waals surface area contributed by atoms with Gasteiger partial charge in [-0.1, -0.05) is 54.6 Å². The van der Waals surface area contributed by atoms with Crippen LogP contribution in [-0.2, 0) is 24.2 Å². The van der Waals surface area contributed by atoms with E-state index >= 15 is 0 Å². The first-order valence-electron chi connectivity index (χ1n) is 12.0. The standard InChI is InChI=1S/C29H33N3O2/c1-22-14-15-23(2)27(20-22)34-19-9-8-18-32-26-13-7-6-12-25(26)31-28(32)16-17-30-29(33)21-24-10-4-3-5-11-24/h3-7,10-15,20H,8-9,16-19,21H2,1-2H3,(H,30,33). The summed E-state index contributed by atoms with van der Waals surface area (Å²) in [6, 6.07) is 24.4. The number of para-hydroxylation sites is 2. The molecule has 0 aliphatic rings. The molecule has 0 fully saturated rings. The fraction of sp³-hybridized carbons (Fsp3) is 0.310. The van der Waals surface area contributed by atoms with Gasteiger partial charge in [0.05, 0.1) is 24.1 Å². The Morgan fingerprint density at radius 2 is 1.76 bits per heavy atom. The number of imidazole rings is 1. The molecule has 3 aromatic carbocycles. The smallest absolute Gasteiger partial charge is 0.224 e. The van der Waals surface area contributed by atoms with Crippen LogP contribution in [0, 0.1) is 13.8 Å². The number of benzene rings is 3. The molecule has 0 bridgehead atoms. The number of carbonyl (C=O) groups excluding carboxylic acids is 1. The Hall–Kier alpha value is -3.60. The van der Waals surface area contributed by atoms with E-state index in [0.29, 0.717) is 26.0 Å². The minimum atomic E-state index is 0.0393. The van der Waals surface area contributed by atoms with E-state index < -0.39 is 0 Å². The number of rotatable bonds is 11. The van der Waals surface area contributed by atoms with Crippen LogP contribution in [0.2, 0.25) is 0 Å². The van der Waals surface area contributed by atoms with Crippen molar-refractivity contribution in [3.8, 4) is 5.75 Å². The number of amides is 1. The van der Waals surface area contributed by atoms with E-state index in [-0.39, 0.29) is 5.91 Å². The molecule has 0 unspecified atom stereocenters. The number of aryl methyl sites for hydroxylation is 3. The molecule has 4 aromatic rings. The summed E-state index contributed by atoms with van der Waals surface area (Å²) in [6.45, 7) is 6.32. The van der Waals surface area contributed by atoms with Crippen LogP contribution in [0.5, 0.6) is 5.75 Å². The Morgan fingerprint density at radius 1 is 0.971 bits per heavy atom. The van der Waals surface area contributed by atoms with Crippen LogP contribution in [0.3, 0.4) is 0 Å². The Labute approximate surface area is 201 Å². The van der Waals surface area contributed by atoms with Gasteiger partial charge in [-0.05, 0) is 61.6 Å². The summed E-state index contributed by atoms with van der Waals surface area (Å²) in [4.78, 5) is 17.2. The van der Waals surface area contributed by atoms with E-state index in [4.69, 9.17) is 9.72 Å². The molecular formula is C29H33N3O2. The third kappa shape index (κ3) is 6.25. The van der Waals surface area contributed by atoms with Crippen molar-refractivity contribution in [3.63, 3.8) is 0 Å². The van der Waals surface area contributed by atoms with Crippen LogP contribution in [-0.4, -0.2) is 28.6 Å². The Bertz CT molecular complexity index is 1230. The van der Waals surface area contributed by atoms with Gasteiger partial charge in [0.25, 0.3) is 0 Å². The second kappa shape index (κ2) is 11.5. The number of unbranched alkanes of at least 4 members (excludes halogenated alkanes) is 1. The molecular weight excluding hydrogens is 422 g/mol. The first-order valence-corrected chi connectivity index (χ1v) is 12.0. The second-order valence-electron chi connectivity index (χ2n) is 8.76. The van der Waals surface area contributed by atoms with Gasteiger partial charge in [-0.25, -0.2) is 4.98 Å². The number of carbonyl (C=O) groups is 1. The number of hydrogen-bond donors (Lipinski definition) is 1. The van der Waals surface area contributed by atoms with Crippen LogP contribution in [0.25, 0.3) is 11.0 Å². The van der Waals surface area contributed by atoms with Crippen LogP contribution < -0.4 is 10.1 Å². The third-order valence-corrected chi connectivity index (χ3v) is 5.99. The summed E-state index contributed by atoms with van der Waals surface area (Å²) in [7, 11) is 0. The van der Waals surface area contributed by atoms with Crippen molar-refractivity contribution in [2.75, 3.05) is 13.2 Å². The van der Waals surface area contributed by atoms with Crippen LogP contribution in [0.4, 0.5) is 0 Å². The molecule has 0 saturated heterocycles. The molecule has 0 spiro atoms. The van der Waals surface area contributed by atoms with E-state index in [0.717, 1.165) is 47.6 Å². The number of hydrogen-bond acceptors (Lipinski definition) is 3. The monoisotopic (exact) mass is 455 g/mol. The maximum absolute atomic E-state index is 12.3. The molecule has 1 heterocycles. The highest BCUT2D eigenvalue weighted by Gasteiger charge is 2.11. The maximum atomic E-state index is 12.3. The minimum Gasteiger partial charge on any atom is -0.493 e. The van der Waals surface area contributed by atoms with E-state index in [1.165, 1.54) is 11.1 Å². The SMILES string of the molecule is Cc1ccc(C)c(OCCCCn2c(CCNC(=O)Cc3ccccc3)nc3ccccc32)c1.